The molecule has 0 saturated heterocycles. The Morgan fingerprint density at radius 2 is 2.21 bits per heavy atom. The molecular weight excluding hydrogens is 397 g/mol. The molecule has 3 aromatic rings. The van der Waals surface area contributed by atoms with Gasteiger partial charge < -0.3 is 14.6 Å². The van der Waals surface area contributed by atoms with Gasteiger partial charge in [0, 0.05) is 24.0 Å². The fraction of sp³-hybridized carbons (Fsp3) is 0.350. The maximum absolute atomic E-state index is 14.4. The average molecular weight is 416 g/mol. The second-order valence-corrected chi connectivity index (χ2v) is 7.66. The van der Waals surface area contributed by atoms with E-state index < -0.39 is 11.9 Å². The van der Waals surface area contributed by atoms with Gasteiger partial charge in [-0.1, -0.05) is 17.7 Å². The first kappa shape index (κ1) is 18.3. The summed E-state index contributed by atoms with van der Waals surface area (Å²) in [5, 5.41) is 7.57. The number of aromatic nitrogens is 4. The molecule has 0 bridgehead atoms. The van der Waals surface area contributed by atoms with E-state index in [4.69, 9.17) is 16.3 Å². The van der Waals surface area contributed by atoms with Crippen molar-refractivity contribution in [2.45, 2.75) is 38.5 Å². The van der Waals surface area contributed by atoms with Crippen LogP contribution in [-0.4, -0.2) is 31.8 Å². The predicted octanol–water partition coefficient (Wildman–Crippen LogP) is 3.20. The second kappa shape index (κ2) is 7.27. The number of aryl methyl sites for hydroxylation is 1. The third-order valence-electron chi connectivity index (χ3n) is 5.46. The molecule has 0 aliphatic carbocycles. The van der Waals surface area contributed by atoms with E-state index in [9.17, 15) is 9.18 Å². The van der Waals surface area contributed by atoms with Crippen LogP contribution in [0.25, 0.3) is 5.69 Å². The Morgan fingerprint density at radius 1 is 1.31 bits per heavy atom. The maximum atomic E-state index is 14.4. The summed E-state index contributed by atoms with van der Waals surface area (Å²) in [7, 11) is 0. The molecule has 1 aromatic carbocycles. The van der Waals surface area contributed by atoms with Gasteiger partial charge in [0.05, 0.1) is 36.2 Å². The number of imidazole rings is 1. The predicted molar refractivity (Wildman–Crippen MR) is 104 cm³/mol. The fourth-order valence-electron chi connectivity index (χ4n) is 4.03. The van der Waals surface area contributed by atoms with Crippen LogP contribution in [0.1, 0.15) is 46.5 Å². The molecule has 2 aromatic heterocycles. The molecule has 2 aliphatic heterocycles. The molecule has 9 heteroatoms. The third-order valence-corrected chi connectivity index (χ3v) is 5.77. The van der Waals surface area contributed by atoms with Crippen molar-refractivity contribution in [1.29, 1.82) is 0 Å². The number of amides is 1. The van der Waals surface area contributed by atoms with Gasteiger partial charge in [-0.15, -0.1) is 0 Å². The highest BCUT2D eigenvalue weighted by Crippen LogP contribution is 2.31. The Kier molecular flexibility index (Phi) is 4.60. The van der Waals surface area contributed by atoms with E-state index in [0.29, 0.717) is 18.1 Å². The number of para-hydroxylation sites is 1. The van der Waals surface area contributed by atoms with Crippen LogP contribution in [0.15, 0.2) is 30.6 Å². The molecule has 29 heavy (non-hydrogen) atoms. The third kappa shape index (κ3) is 3.12. The molecular formula is C20H19ClFN5O2. The molecule has 4 heterocycles. The molecule has 0 fully saturated rings. The lowest BCUT2D eigenvalue weighted by molar-refractivity contribution is 0.0678. The Hall–Kier alpha value is -2.71. The van der Waals surface area contributed by atoms with Crippen molar-refractivity contribution in [3.63, 3.8) is 0 Å². The van der Waals surface area contributed by atoms with Crippen molar-refractivity contribution in [2.24, 2.45) is 0 Å². The van der Waals surface area contributed by atoms with E-state index in [1.165, 1.54) is 10.7 Å². The van der Waals surface area contributed by atoms with Gasteiger partial charge in [0.1, 0.15) is 11.5 Å². The van der Waals surface area contributed by atoms with Gasteiger partial charge >= 0.3 is 0 Å². The number of hydrogen-bond acceptors (Lipinski definition) is 4. The van der Waals surface area contributed by atoms with Crippen molar-refractivity contribution >= 4 is 17.5 Å². The van der Waals surface area contributed by atoms with Crippen LogP contribution >= 0.6 is 11.6 Å². The number of nitrogens with one attached hydrogen (secondary N) is 1. The van der Waals surface area contributed by atoms with Crippen LogP contribution in [0.5, 0.6) is 0 Å². The van der Waals surface area contributed by atoms with Crippen molar-refractivity contribution in [1.82, 2.24) is 24.6 Å². The van der Waals surface area contributed by atoms with Crippen LogP contribution in [0.2, 0.25) is 5.02 Å². The van der Waals surface area contributed by atoms with Crippen LogP contribution in [0, 0.1) is 5.82 Å². The Morgan fingerprint density at radius 3 is 3.07 bits per heavy atom. The van der Waals surface area contributed by atoms with Crippen LogP contribution in [0.4, 0.5) is 4.39 Å². The van der Waals surface area contributed by atoms with Crippen molar-refractivity contribution < 1.29 is 13.9 Å². The average Bonchev–Trinajstić information content (AvgIpc) is 3.33. The number of rotatable bonds is 3. The van der Waals surface area contributed by atoms with Crippen LogP contribution < -0.4 is 5.32 Å². The molecule has 0 radical (unpaired) electrons. The Balaban J connectivity index is 1.44. The SMILES string of the molecule is O=C(N[C@@H]1COCc2c1cnn2-c1c(F)cccc1Cl)c1ncc2n1CCCC2. The van der Waals surface area contributed by atoms with Gasteiger partial charge in [0.25, 0.3) is 5.91 Å². The summed E-state index contributed by atoms with van der Waals surface area (Å²) in [5.41, 5.74) is 2.71. The first-order valence-corrected chi connectivity index (χ1v) is 9.95. The summed E-state index contributed by atoms with van der Waals surface area (Å²) in [6.45, 7) is 1.36. The molecule has 2 aliphatic rings. The van der Waals surface area contributed by atoms with E-state index in [-0.39, 0.29) is 23.2 Å². The van der Waals surface area contributed by atoms with Crippen LogP contribution in [-0.2, 0) is 24.3 Å². The minimum atomic E-state index is -0.474. The monoisotopic (exact) mass is 415 g/mol. The van der Waals surface area contributed by atoms with E-state index in [2.05, 4.69) is 15.4 Å². The molecule has 0 unspecified atom stereocenters. The number of halogens is 2. The Labute approximate surface area is 171 Å². The summed E-state index contributed by atoms with van der Waals surface area (Å²) in [6.07, 6.45) is 6.50. The highest BCUT2D eigenvalue weighted by molar-refractivity contribution is 6.32. The first-order chi connectivity index (χ1) is 14.1. The van der Waals surface area contributed by atoms with Gasteiger partial charge in [0.15, 0.2) is 5.82 Å². The lowest BCUT2D eigenvalue weighted by atomic mass is 10.1. The van der Waals surface area contributed by atoms with Gasteiger partial charge in [-0.3, -0.25) is 4.79 Å². The smallest absolute Gasteiger partial charge is 0.287 e. The molecule has 0 spiro atoms. The topological polar surface area (TPSA) is 74.0 Å². The molecule has 1 N–H and O–H groups in total. The molecule has 150 valence electrons. The largest absolute Gasteiger partial charge is 0.373 e. The number of carbonyl (C=O) groups excluding carboxylic acids is 1. The lowest BCUT2D eigenvalue weighted by Crippen LogP contribution is -2.36. The van der Waals surface area contributed by atoms with Crippen molar-refractivity contribution in [2.75, 3.05) is 6.61 Å². The number of carbonyl (C=O) groups is 1. The highest BCUT2D eigenvalue weighted by atomic mass is 35.5. The van der Waals surface area contributed by atoms with Crippen molar-refractivity contribution in [3.8, 4) is 5.69 Å². The minimum absolute atomic E-state index is 0.174. The first-order valence-electron chi connectivity index (χ1n) is 9.57. The molecule has 1 atom stereocenters. The molecule has 5 rings (SSSR count). The second-order valence-electron chi connectivity index (χ2n) is 7.25. The number of ether oxygens (including phenoxy) is 1. The van der Waals surface area contributed by atoms with Crippen molar-refractivity contribution in [3.05, 3.63) is 64.2 Å². The van der Waals surface area contributed by atoms with Gasteiger partial charge in [-0.25, -0.2) is 14.1 Å². The summed E-state index contributed by atoms with van der Waals surface area (Å²) >= 11 is 6.20. The number of nitrogens with zero attached hydrogens (tertiary/aromatic N) is 4. The number of benzene rings is 1. The zero-order valence-electron chi connectivity index (χ0n) is 15.6. The normalized spacial score (nSPS) is 18.2. The molecule has 0 saturated carbocycles. The fourth-order valence-corrected chi connectivity index (χ4v) is 4.27. The quantitative estimate of drug-likeness (QED) is 0.713. The molecule has 1 amide bonds. The van der Waals surface area contributed by atoms with Gasteiger partial charge in [-0.2, -0.15) is 5.10 Å². The number of hydrogen-bond donors (Lipinski definition) is 1. The van der Waals surface area contributed by atoms with E-state index in [1.54, 1.807) is 24.5 Å². The van der Waals surface area contributed by atoms with Crippen LogP contribution in [0.3, 0.4) is 0 Å². The summed E-state index contributed by atoms with van der Waals surface area (Å²) in [5.74, 6) is -0.314. The maximum Gasteiger partial charge on any atom is 0.287 e. The standard InChI is InChI=1S/C20H19ClFN5O2/c21-14-5-3-6-15(22)18(14)27-17-11-29-10-16(13(17)9-24-27)25-20(28)19-23-8-12-4-1-2-7-26(12)19/h3,5-6,8-9,16H,1-2,4,7,10-11H2,(H,25,28)/t16-/m1/s1. The minimum Gasteiger partial charge on any atom is -0.373 e. The summed E-state index contributed by atoms with van der Waals surface area (Å²) in [4.78, 5) is 17.2. The molecule has 7 nitrogen and oxygen atoms in total. The summed E-state index contributed by atoms with van der Waals surface area (Å²) < 4.78 is 23.5. The van der Waals surface area contributed by atoms with Gasteiger partial charge in [-0.05, 0) is 31.4 Å². The Bertz CT molecular complexity index is 1070. The lowest BCUT2D eigenvalue weighted by Gasteiger charge is -2.25. The number of fused-ring (bicyclic) bond motifs is 2. The van der Waals surface area contributed by atoms with E-state index in [1.807, 2.05) is 4.57 Å². The van der Waals surface area contributed by atoms with E-state index >= 15 is 0 Å². The zero-order chi connectivity index (χ0) is 20.0. The summed E-state index contributed by atoms with van der Waals surface area (Å²) in [6, 6.07) is 4.09. The zero-order valence-corrected chi connectivity index (χ0v) is 16.3. The highest BCUT2D eigenvalue weighted by Gasteiger charge is 2.30. The van der Waals surface area contributed by atoms with Gasteiger partial charge in [0.2, 0.25) is 0 Å². The van der Waals surface area contributed by atoms with E-state index in [0.717, 1.165) is 37.1 Å².